The van der Waals surface area contributed by atoms with Gasteiger partial charge < -0.3 is 10.1 Å². The van der Waals surface area contributed by atoms with Crippen molar-refractivity contribution in [1.82, 2.24) is 5.32 Å². The van der Waals surface area contributed by atoms with E-state index in [1.807, 2.05) is 0 Å². The second-order valence-corrected chi connectivity index (χ2v) is 6.71. The first kappa shape index (κ1) is 14.9. The summed E-state index contributed by atoms with van der Waals surface area (Å²) in [6.45, 7) is 1.67. The Hall–Kier alpha value is -1.06. The molecule has 1 aliphatic carbocycles. The second kappa shape index (κ2) is 7.28. The van der Waals surface area contributed by atoms with Gasteiger partial charge in [0.2, 0.25) is 0 Å². The lowest BCUT2D eigenvalue weighted by Gasteiger charge is -2.22. The maximum atomic E-state index is 5.86. The maximum Gasteiger partial charge on any atom is 0.120 e. The Labute approximate surface area is 135 Å². The first-order valence-corrected chi connectivity index (χ1v) is 8.66. The van der Waals surface area contributed by atoms with Crippen LogP contribution in [0.2, 0.25) is 0 Å². The molecule has 0 unspecified atom stereocenters. The minimum absolute atomic E-state index is 0.705. The molecule has 0 aliphatic heterocycles. The summed E-state index contributed by atoms with van der Waals surface area (Å²) in [5.41, 5.74) is 0. The van der Waals surface area contributed by atoms with Gasteiger partial charge in [-0.1, -0.05) is 47.3 Å². The van der Waals surface area contributed by atoms with E-state index in [4.69, 9.17) is 4.74 Å². The van der Waals surface area contributed by atoms with Crippen molar-refractivity contribution in [3.8, 4) is 5.75 Å². The van der Waals surface area contributed by atoms with E-state index in [1.54, 1.807) is 0 Å². The molecule has 0 heterocycles. The molecule has 0 spiro atoms. The summed E-state index contributed by atoms with van der Waals surface area (Å²) in [6, 6.07) is 13.3. The number of hydrogen-bond acceptors (Lipinski definition) is 2. The van der Waals surface area contributed by atoms with E-state index in [2.05, 4.69) is 57.6 Å². The van der Waals surface area contributed by atoms with Gasteiger partial charge in [0.1, 0.15) is 12.4 Å². The number of hydrogen-bond donors (Lipinski definition) is 1. The van der Waals surface area contributed by atoms with Crippen LogP contribution >= 0.6 is 15.9 Å². The van der Waals surface area contributed by atoms with E-state index >= 15 is 0 Å². The van der Waals surface area contributed by atoms with Crippen molar-refractivity contribution in [1.29, 1.82) is 0 Å². The van der Waals surface area contributed by atoms with E-state index in [-0.39, 0.29) is 0 Å². The Morgan fingerprint density at radius 2 is 1.76 bits per heavy atom. The molecule has 0 radical (unpaired) electrons. The van der Waals surface area contributed by atoms with E-state index in [0.29, 0.717) is 6.04 Å². The zero-order valence-corrected chi connectivity index (χ0v) is 13.9. The summed E-state index contributed by atoms with van der Waals surface area (Å²) in [7, 11) is 0. The Kier molecular flexibility index (Phi) is 5.15. The standard InChI is InChI=1S/C18H22BrNO/c19-16-8-6-15-13-18(9-7-14(15)12-16)21-11-10-20-17-4-2-1-3-5-17/h6-9,12-13,17,20H,1-5,10-11H2. The maximum absolute atomic E-state index is 5.86. The second-order valence-electron chi connectivity index (χ2n) is 5.79. The number of halogens is 1. The van der Waals surface area contributed by atoms with Crippen LogP contribution in [0.5, 0.6) is 5.75 Å². The quantitative estimate of drug-likeness (QED) is 0.776. The molecule has 1 aliphatic rings. The zero-order chi connectivity index (χ0) is 14.5. The number of nitrogens with one attached hydrogen (secondary N) is 1. The Morgan fingerprint density at radius 1 is 1.00 bits per heavy atom. The number of ether oxygens (including phenoxy) is 1. The minimum atomic E-state index is 0.705. The van der Waals surface area contributed by atoms with Crippen LogP contribution in [0.15, 0.2) is 40.9 Å². The van der Waals surface area contributed by atoms with Crippen LogP contribution in [-0.4, -0.2) is 19.2 Å². The van der Waals surface area contributed by atoms with E-state index in [1.165, 1.54) is 42.9 Å². The lowest BCUT2D eigenvalue weighted by Crippen LogP contribution is -2.34. The third-order valence-corrected chi connectivity index (χ3v) is 4.68. The number of rotatable bonds is 5. The SMILES string of the molecule is Brc1ccc2cc(OCCNC3CCCCC3)ccc2c1. The average Bonchev–Trinajstić information content (AvgIpc) is 2.52. The molecule has 3 heteroatoms. The highest BCUT2D eigenvalue weighted by atomic mass is 79.9. The molecule has 0 bridgehead atoms. The summed E-state index contributed by atoms with van der Waals surface area (Å²) >= 11 is 3.50. The Balaban J connectivity index is 1.49. The molecule has 2 aromatic carbocycles. The highest BCUT2D eigenvalue weighted by Crippen LogP contribution is 2.24. The van der Waals surface area contributed by atoms with Crippen molar-refractivity contribution in [2.24, 2.45) is 0 Å². The van der Waals surface area contributed by atoms with Crippen LogP contribution < -0.4 is 10.1 Å². The van der Waals surface area contributed by atoms with Crippen molar-refractivity contribution >= 4 is 26.7 Å². The lowest BCUT2D eigenvalue weighted by molar-refractivity contribution is 0.289. The van der Waals surface area contributed by atoms with Gasteiger partial charge in [-0.15, -0.1) is 0 Å². The van der Waals surface area contributed by atoms with Gasteiger partial charge in [0, 0.05) is 17.1 Å². The Bertz CT molecular complexity index is 593. The van der Waals surface area contributed by atoms with Crippen LogP contribution in [-0.2, 0) is 0 Å². The molecule has 1 fully saturated rings. The van der Waals surface area contributed by atoms with Gasteiger partial charge in [-0.3, -0.25) is 0 Å². The predicted molar refractivity (Wildman–Crippen MR) is 92.0 cm³/mol. The van der Waals surface area contributed by atoms with Crippen LogP contribution in [0.1, 0.15) is 32.1 Å². The monoisotopic (exact) mass is 347 g/mol. The topological polar surface area (TPSA) is 21.3 Å². The summed E-state index contributed by atoms with van der Waals surface area (Å²) in [4.78, 5) is 0. The molecule has 1 saturated carbocycles. The van der Waals surface area contributed by atoms with Gasteiger partial charge in [-0.2, -0.15) is 0 Å². The molecule has 0 aromatic heterocycles. The van der Waals surface area contributed by atoms with Crippen molar-refractivity contribution in [2.75, 3.05) is 13.2 Å². The third kappa shape index (κ3) is 4.21. The van der Waals surface area contributed by atoms with Gasteiger partial charge in [0.15, 0.2) is 0 Å². The predicted octanol–water partition coefficient (Wildman–Crippen LogP) is 4.90. The molecule has 1 N–H and O–H groups in total. The van der Waals surface area contributed by atoms with Gasteiger partial charge in [0.25, 0.3) is 0 Å². The third-order valence-electron chi connectivity index (χ3n) is 4.18. The number of fused-ring (bicyclic) bond motifs is 1. The van der Waals surface area contributed by atoms with Crippen LogP contribution in [0, 0.1) is 0 Å². The molecule has 2 nitrogen and oxygen atoms in total. The van der Waals surface area contributed by atoms with E-state index in [0.717, 1.165) is 23.4 Å². The minimum Gasteiger partial charge on any atom is -0.492 e. The highest BCUT2D eigenvalue weighted by molar-refractivity contribution is 9.10. The average molecular weight is 348 g/mol. The molecule has 2 aromatic rings. The highest BCUT2D eigenvalue weighted by Gasteiger charge is 2.11. The molecular weight excluding hydrogens is 326 g/mol. The smallest absolute Gasteiger partial charge is 0.120 e. The summed E-state index contributed by atoms with van der Waals surface area (Å²) in [5.74, 6) is 0.954. The van der Waals surface area contributed by atoms with Gasteiger partial charge >= 0.3 is 0 Å². The molecule has 0 saturated heterocycles. The van der Waals surface area contributed by atoms with Crippen LogP contribution in [0.25, 0.3) is 10.8 Å². The Morgan fingerprint density at radius 3 is 2.62 bits per heavy atom. The first-order valence-electron chi connectivity index (χ1n) is 7.87. The molecule has 0 amide bonds. The molecule has 21 heavy (non-hydrogen) atoms. The van der Waals surface area contributed by atoms with Crippen LogP contribution in [0.3, 0.4) is 0 Å². The zero-order valence-electron chi connectivity index (χ0n) is 12.3. The van der Waals surface area contributed by atoms with E-state index in [9.17, 15) is 0 Å². The summed E-state index contributed by atoms with van der Waals surface area (Å²) < 4.78 is 6.97. The molecule has 3 rings (SSSR count). The van der Waals surface area contributed by atoms with Crippen molar-refractivity contribution in [3.63, 3.8) is 0 Å². The molecule has 112 valence electrons. The fourth-order valence-electron chi connectivity index (χ4n) is 3.02. The van der Waals surface area contributed by atoms with Crippen molar-refractivity contribution < 1.29 is 4.74 Å². The van der Waals surface area contributed by atoms with Gasteiger partial charge in [0.05, 0.1) is 0 Å². The summed E-state index contributed by atoms with van der Waals surface area (Å²) in [5, 5.41) is 6.06. The van der Waals surface area contributed by atoms with Crippen molar-refractivity contribution in [2.45, 2.75) is 38.1 Å². The van der Waals surface area contributed by atoms with Gasteiger partial charge in [-0.05, 0) is 47.9 Å². The fraction of sp³-hybridized carbons (Fsp3) is 0.444. The lowest BCUT2D eigenvalue weighted by atomic mass is 9.96. The van der Waals surface area contributed by atoms with Crippen LogP contribution in [0.4, 0.5) is 0 Å². The largest absolute Gasteiger partial charge is 0.492 e. The van der Waals surface area contributed by atoms with E-state index < -0.39 is 0 Å². The van der Waals surface area contributed by atoms with Crippen molar-refractivity contribution in [3.05, 3.63) is 40.9 Å². The fourth-order valence-corrected chi connectivity index (χ4v) is 3.40. The summed E-state index contributed by atoms with van der Waals surface area (Å²) in [6.07, 6.45) is 6.80. The van der Waals surface area contributed by atoms with Gasteiger partial charge in [-0.25, -0.2) is 0 Å². The normalized spacial score (nSPS) is 16.2. The molecule has 0 atom stereocenters. The number of benzene rings is 2. The first-order chi connectivity index (χ1) is 10.3. The molecular formula is C18H22BrNO.